The number of thiazole rings is 1. The third-order valence-corrected chi connectivity index (χ3v) is 4.84. The van der Waals surface area contributed by atoms with Crippen molar-refractivity contribution in [2.24, 2.45) is 10.1 Å². The molecule has 3 nitrogen and oxygen atoms in total. The molecule has 144 valence electrons. The Morgan fingerprint density at radius 2 is 1.79 bits per heavy atom. The molecule has 0 atom stereocenters. The van der Waals surface area contributed by atoms with Crippen LogP contribution >= 0.6 is 11.3 Å². The van der Waals surface area contributed by atoms with E-state index in [2.05, 4.69) is 16.7 Å². The highest BCUT2D eigenvalue weighted by Gasteiger charge is 2.33. The fraction of sp³-hybridized carbons (Fsp3) is 0.143. The Morgan fingerprint density at radius 1 is 1.11 bits per heavy atom. The Kier molecular flexibility index (Phi) is 5.94. The Balaban J connectivity index is 2.18. The summed E-state index contributed by atoms with van der Waals surface area (Å²) in [5.41, 5.74) is 1.25. The van der Waals surface area contributed by atoms with Gasteiger partial charge in [-0.2, -0.15) is 18.3 Å². The van der Waals surface area contributed by atoms with Crippen molar-refractivity contribution in [2.45, 2.75) is 13.1 Å². The second-order valence-electron chi connectivity index (χ2n) is 5.94. The quantitative estimate of drug-likeness (QED) is 0.394. The van der Waals surface area contributed by atoms with Crippen LogP contribution in [0.25, 0.3) is 11.3 Å². The van der Waals surface area contributed by atoms with Crippen molar-refractivity contribution < 1.29 is 13.2 Å². The zero-order chi connectivity index (χ0) is 20.1. The van der Waals surface area contributed by atoms with Crippen molar-refractivity contribution in [1.82, 2.24) is 4.68 Å². The van der Waals surface area contributed by atoms with Gasteiger partial charge in [0.2, 0.25) is 4.80 Å². The fourth-order valence-corrected chi connectivity index (χ4v) is 3.54. The molecule has 3 rings (SSSR count). The maximum atomic E-state index is 13.4. The van der Waals surface area contributed by atoms with Gasteiger partial charge in [-0.15, -0.1) is 17.9 Å². The van der Waals surface area contributed by atoms with Gasteiger partial charge in [-0.3, -0.25) is 4.99 Å². The van der Waals surface area contributed by atoms with E-state index in [0.29, 0.717) is 11.3 Å². The first-order valence-corrected chi connectivity index (χ1v) is 9.39. The number of rotatable bonds is 5. The highest BCUT2D eigenvalue weighted by atomic mass is 32.1. The smallest absolute Gasteiger partial charge is 0.253 e. The monoisotopic (exact) mass is 401 g/mol. The first kappa shape index (κ1) is 19.8. The van der Waals surface area contributed by atoms with Crippen LogP contribution in [0.3, 0.4) is 0 Å². The Hall–Kier alpha value is -2.93. The summed E-state index contributed by atoms with van der Waals surface area (Å²) >= 11 is 1.38. The van der Waals surface area contributed by atoms with Gasteiger partial charge in [0.1, 0.15) is 0 Å². The normalized spacial score (nSPS) is 13.0. The molecule has 28 heavy (non-hydrogen) atoms. The van der Waals surface area contributed by atoms with Gasteiger partial charge in [0.15, 0.2) is 0 Å². The van der Waals surface area contributed by atoms with Gasteiger partial charge >= 0.3 is 6.18 Å². The van der Waals surface area contributed by atoms with Crippen molar-refractivity contribution in [3.8, 4) is 11.3 Å². The molecule has 0 amide bonds. The summed E-state index contributed by atoms with van der Waals surface area (Å²) in [6.45, 7) is 5.62. The van der Waals surface area contributed by atoms with E-state index in [-0.39, 0.29) is 11.3 Å². The van der Waals surface area contributed by atoms with Crippen molar-refractivity contribution in [3.63, 3.8) is 0 Å². The van der Waals surface area contributed by atoms with E-state index >= 15 is 0 Å². The molecule has 0 saturated carbocycles. The maximum absolute atomic E-state index is 13.4. The molecule has 0 bridgehead atoms. The summed E-state index contributed by atoms with van der Waals surface area (Å²) in [6.07, 6.45) is -2.80. The van der Waals surface area contributed by atoms with Crippen LogP contribution in [0.4, 0.5) is 13.2 Å². The van der Waals surface area contributed by atoms with Gasteiger partial charge < -0.3 is 0 Å². The van der Waals surface area contributed by atoms with E-state index in [1.165, 1.54) is 23.5 Å². The molecule has 2 aromatic carbocycles. The van der Waals surface area contributed by atoms with Crippen LogP contribution in [0.1, 0.15) is 18.1 Å². The van der Waals surface area contributed by atoms with Crippen molar-refractivity contribution >= 4 is 17.0 Å². The van der Waals surface area contributed by atoms with Crippen LogP contribution in [0.2, 0.25) is 0 Å². The van der Waals surface area contributed by atoms with Gasteiger partial charge in [-0.1, -0.05) is 54.6 Å². The number of nitrogens with zero attached hydrogens (tertiary/aromatic N) is 3. The molecule has 7 heteroatoms. The lowest BCUT2D eigenvalue weighted by Gasteiger charge is -2.13. The van der Waals surface area contributed by atoms with Crippen LogP contribution in [0.15, 0.2) is 82.7 Å². The zero-order valence-electron chi connectivity index (χ0n) is 15.1. The Morgan fingerprint density at radius 3 is 2.46 bits per heavy atom. The SMILES string of the molecule is C=CCN=c1scc(-c2ccccc2)n1N=C(C)c1ccccc1C(F)(F)F. The lowest BCUT2D eigenvalue weighted by molar-refractivity contribution is -0.137. The molecule has 0 N–H and O–H groups in total. The molecule has 1 aromatic heterocycles. The zero-order valence-corrected chi connectivity index (χ0v) is 16.0. The van der Waals surface area contributed by atoms with Crippen LogP contribution < -0.4 is 4.80 Å². The third kappa shape index (κ3) is 4.31. The van der Waals surface area contributed by atoms with E-state index in [0.717, 1.165) is 17.3 Å². The number of aromatic nitrogens is 1. The summed E-state index contributed by atoms with van der Waals surface area (Å²) in [5.74, 6) is 0. The minimum absolute atomic E-state index is 0.0439. The van der Waals surface area contributed by atoms with Crippen LogP contribution in [-0.2, 0) is 6.18 Å². The van der Waals surface area contributed by atoms with Crippen molar-refractivity contribution in [3.05, 3.63) is 88.6 Å². The fourth-order valence-electron chi connectivity index (χ4n) is 2.70. The van der Waals surface area contributed by atoms with Crippen LogP contribution in [0, 0.1) is 0 Å². The number of alkyl halides is 3. The summed E-state index contributed by atoms with van der Waals surface area (Å²) in [7, 11) is 0. The number of benzene rings is 2. The lowest BCUT2D eigenvalue weighted by atomic mass is 10.0. The second-order valence-corrected chi connectivity index (χ2v) is 6.78. The molecule has 0 aliphatic rings. The van der Waals surface area contributed by atoms with E-state index in [9.17, 15) is 13.2 Å². The molecule has 0 unspecified atom stereocenters. The molecule has 1 heterocycles. The van der Waals surface area contributed by atoms with Crippen LogP contribution in [0.5, 0.6) is 0 Å². The van der Waals surface area contributed by atoms with E-state index in [4.69, 9.17) is 0 Å². The molecule has 0 aliphatic carbocycles. The van der Waals surface area contributed by atoms with E-state index < -0.39 is 11.7 Å². The predicted octanol–water partition coefficient (Wildman–Crippen LogP) is 5.59. The van der Waals surface area contributed by atoms with Gasteiger partial charge in [-0.05, 0) is 13.0 Å². The summed E-state index contributed by atoms with van der Waals surface area (Å²) in [6, 6.07) is 15.0. The third-order valence-electron chi connectivity index (χ3n) is 3.98. The Bertz CT molecular complexity index is 1060. The van der Waals surface area contributed by atoms with E-state index in [1.807, 2.05) is 35.7 Å². The van der Waals surface area contributed by atoms with Crippen LogP contribution in [-0.4, -0.2) is 16.9 Å². The Labute approximate surface area is 164 Å². The van der Waals surface area contributed by atoms with Gasteiger partial charge in [0.25, 0.3) is 0 Å². The van der Waals surface area contributed by atoms with Gasteiger partial charge in [0, 0.05) is 16.5 Å². The number of hydrogen-bond acceptors (Lipinski definition) is 3. The van der Waals surface area contributed by atoms with E-state index in [1.54, 1.807) is 23.7 Å². The lowest BCUT2D eigenvalue weighted by Crippen LogP contribution is -2.17. The minimum Gasteiger partial charge on any atom is -0.253 e. The molecule has 0 radical (unpaired) electrons. The number of hydrogen-bond donors (Lipinski definition) is 0. The topological polar surface area (TPSA) is 29.6 Å². The molecule has 0 fully saturated rings. The second kappa shape index (κ2) is 8.39. The molecule has 0 aliphatic heterocycles. The summed E-state index contributed by atoms with van der Waals surface area (Å²) < 4.78 is 41.8. The van der Waals surface area contributed by atoms with Gasteiger partial charge in [0.05, 0.1) is 23.5 Å². The molecule has 0 saturated heterocycles. The van der Waals surface area contributed by atoms with Crippen molar-refractivity contribution in [2.75, 3.05) is 6.54 Å². The first-order valence-electron chi connectivity index (χ1n) is 8.51. The highest BCUT2D eigenvalue weighted by Crippen LogP contribution is 2.32. The largest absolute Gasteiger partial charge is 0.417 e. The minimum atomic E-state index is -4.45. The molecular formula is C21H18F3N3S. The molecular weight excluding hydrogens is 383 g/mol. The highest BCUT2D eigenvalue weighted by molar-refractivity contribution is 7.07. The standard InChI is InChI=1S/C21H18F3N3S/c1-3-13-25-20-27(19(14-28-20)16-9-5-4-6-10-16)26-15(2)17-11-7-8-12-18(17)21(22,23)24/h3-12,14H,1,13H2,2H3. The average Bonchev–Trinajstić information content (AvgIpc) is 3.08. The summed E-state index contributed by atoms with van der Waals surface area (Å²) in [5, 5.41) is 6.40. The number of halogens is 3. The molecule has 0 spiro atoms. The first-order chi connectivity index (χ1) is 13.4. The average molecular weight is 401 g/mol. The summed E-state index contributed by atoms with van der Waals surface area (Å²) in [4.78, 5) is 5.01. The maximum Gasteiger partial charge on any atom is 0.417 e. The van der Waals surface area contributed by atoms with Crippen molar-refractivity contribution in [1.29, 1.82) is 0 Å². The molecule has 3 aromatic rings. The predicted molar refractivity (Wildman–Crippen MR) is 107 cm³/mol. The van der Waals surface area contributed by atoms with Gasteiger partial charge in [-0.25, -0.2) is 4.68 Å².